The summed E-state index contributed by atoms with van der Waals surface area (Å²) in [7, 11) is 0. The van der Waals surface area contributed by atoms with Crippen LogP contribution in [0.25, 0.3) is 0 Å². The van der Waals surface area contributed by atoms with Crippen molar-refractivity contribution >= 4 is 17.9 Å². The van der Waals surface area contributed by atoms with Gasteiger partial charge < -0.3 is 14.2 Å². The van der Waals surface area contributed by atoms with Crippen LogP contribution in [0.5, 0.6) is 0 Å². The fourth-order valence-electron chi connectivity index (χ4n) is 5.15. The highest BCUT2D eigenvalue weighted by atomic mass is 16.6. The quantitative estimate of drug-likeness (QED) is 0.0296. The predicted molar refractivity (Wildman–Crippen MR) is 196 cm³/mol. The summed E-state index contributed by atoms with van der Waals surface area (Å²) < 4.78 is 16.5. The summed E-state index contributed by atoms with van der Waals surface area (Å²) in [6.07, 6.45) is 38.6. The molecule has 0 aliphatic heterocycles. The van der Waals surface area contributed by atoms with Gasteiger partial charge in [0, 0.05) is 19.3 Å². The molecule has 0 aliphatic rings. The molecular formula is C41H72O6. The van der Waals surface area contributed by atoms with E-state index >= 15 is 0 Å². The molecule has 0 unspecified atom stereocenters. The molecule has 6 nitrogen and oxygen atoms in total. The predicted octanol–water partition coefficient (Wildman–Crippen LogP) is 11.9. The second-order valence-corrected chi connectivity index (χ2v) is 12.8. The standard InChI is InChI=1S/C41H72O6/c1-4-7-10-13-16-17-18-19-20-21-22-23-26-29-32-35-41(44)47-38(36-45-39(42)33-30-27-24-14-11-8-5-2)37-46-40(43)34-31-28-25-15-12-9-6-3/h16-17,19-20,22-23,38H,4-15,18,21,24-37H2,1-3H3/b17-16+,20-19+,23-22+. The van der Waals surface area contributed by atoms with E-state index in [1.54, 1.807) is 0 Å². The van der Waals surface area contributed by atoms with Gasteiger partial charge in [-0.1, -0.05) is 147 Å². The third-order valence-corrected chi connectivity index (χ3v) is 8.15. The molecule has 0 spiro atoms. The largest absolute Gasteiger partial charge is 0.462 e. The van der Waals surface area contributed by atoms with Gasteiger partial charge in [-0.15, -0.1) is 0 Å². The Morgan fingerprint density at radius 1 is 0.426 bits per heavy atom. The normalized spacial score (nSPS) is 11.7. The Morgan fingerprint density at radius 2 is 0.766 bits per heavy atom. The van der Waals surface area contributed by atoms with Crippen molar-refractivity contribution < 1.29 is 28.6 Å². The highest BCUT2D eigenvalue weighted by Crippen LogP contribution is 2.12. The summed E-state index contributed by atoms with van der Waals surface area (Å²) >= 11 is 0. The van der Waals surface area contributed by atoms with Crippen LogP contribution in [-0.4, -0.2) is 37.2 Å². The number of unbranched alkanes of at least 4 members (excludes halogenated alkanes) is 17. The molecule has 0 heterocycles. The van der Waals surface area contributed by atoms with E-state index in [2.05, 4.69) is 57.2 Å². The van der Waals surface area contributed by atoms with Gasteiger partial charge in [-0.25, -0.2) is 0 Å². The van der Waals surface area contributed by atoms with Gasteiger partial charge >= 0.3 is 17.9 Å². The Bertz CT molecular complexity index is 781. The molecule has 6 heteroatoms. The monoisotopic (exact) mass is 661 g/mol. The lowest BCUT2D eigenvalue weighted by Crippen LogP contribution is -2.30. The molecule has 0 rings (SSSR count). The van der Waals surface area contributed by atoms with E-state index in [0.29, 0.717) is 19.3 Å². The Kier molecular flexibility index (Phi) is 34.6. The molecule has 0 atom stereocenters. The zero-order valence-electron chi connectivity index (χ0n) is 30.8. The molecule has 0 N–H and O–H groups in total. The van der Waals surface area contributed by atoms with Crippen LogP contribution in [0.4, 0.5) is 0 Å². The molecule has 0 saturated heterocycles. The minimum atomic E-state index is -0.781. The first-order valence-electron chi connectivity index (χ1n) is 19.5. The lowest BCUT2D eigenvalue weighted by Gasteiger charge is -2.18. The van der Waals surface area contributed by atoms with E-state index in [1.807, 2.05) is 0 Å². The first-order chi connectivity index (χ1) is 23.0. The Hall–Kier alpha value is -2.37. The summed E-state index contributed by atoms with van der Waals surface area (Å²) in [6.45, 7) is 6.46. The van der Waals surface area contributed by atoms with E-state index in [1.165, 1.54) is 77.0 Å². The van der Waals surface area contributed by atoms with Crippen molar-refractivity contribution in [2.45, 2.75) is 194 Å². The third-order valence-electron chi connectivity index (χ3n) is 8.15. The molecule has 0 radical (unpaired) electrons. The Balaban J connectivity index is 4.40. The van der Waals surface area contributed by atoms with Crippen LogP contribution >= 0.6 is 0 Å². The minimum absolute atomic E-state index is 0.0866. The van der Waals surface area contributed by atoms with Crippen LogP contribution in [0.1, 0.15) is 188 Å². The number of ether oxygens (including phenoxy) is 3. The lowest BCUT2D eigenvalue weighted by atomic mass is 10.1. The van der Waals surface area contributed by atoms with Crippen molar-refractivity contribution in [3.05, 3.63) is 36.5 Å². The minimum Gasteiger partial charge on any atom is -0.462 e. The maximum atomic E-state index is 12.6. The topological polar surface area (TPSA) is 78.9 Å². The average Bonchev–Trinajstić information content (AvgIpc) is 3.06. The van der Waals surface area contributed by atoms with E-state index in [4.69, 9.17) is 14.2 Å². The molecule has 0 aromatic heterocycles. The molecule has 0 aromatic rings. The second-order valence-electron chi connectivity index (χ2n) is 12.8. The van der Waals surface area contributed by atoms with Crippen LogP contribution in [-0.2, 0) is 28.6 Å². The molecule has 47 heavy (non-hydrogen) atoms. The molecule has 0 saturated carbocycles. The van der Waals surface area contributed by atoms with Gasteiger partial charge in [0.25, 0.3) is 0 Å². The average molecular weight is 661 g/mol. The number of hydrogen-bond donors (Lipinski definition) is 0. The Morgan fingerprint density at radius 3 is 1.23 bits per heavy atom. The first-order valence-corrected chi connectivity index (χ1v) is 19.5. The van der Waals surface area contributed by atoms with Gasteiger partial charge in [-0.05, 0) is 57.8 Å². The van der Waals surface area contributed by atoms with Crippen molar-refractivity contribution in [1.29, 1.82) is 0 Å². The van der Waals surface area contributed by atoms with Crippen molar-refractivity contribution in [3.8, 4) is 0 Å². The summed E-state index contributed by atoms with van der Waals surface area (Å²) in [5, 5.41) is 0. The number of esters is 3. The van der Waals surface area contributed by atoms with E-state index in [9.17, 15) is 14.4 Å². The van der Waals surface area contributed by atoms with Crippen LogP contribution in [0.3, 0.4) is 0 Å². The smallest absolute Gasteiger partial charge is 0.306 e. The van der Waals surface area contributed by atoms with Gasteiger partial charge in [0.1, 0.15) is 13.2 Å². The van der Waals surface area contributed by atoms with E-state index < -0.39 is 6.10 Å². The molecule has 0 amide bonds. The van der Waals surface area contributed by atoms with E-state index in [-0.39, 0.29) is 37.5 Å². The number of hydrogen-bond acceptors (Lipinski definition) is 6. The molecule has 272 valence electrons. The fraction of sp³-hybridized carbons (Fsp3) is 0.780. The molecular weight excluding hydrogens is 588 g/mol. The van der Waals surface area contributed by atoms with Crippen molar-refractivity contribution in [2.24, 2.45) is 0 Å². The van der Waals surface area contributed by atoms with Crippen LogP contribution in [0.15, 0.2) is 36.5 Å². The summed E-state index contributed by atoms with van der Waals surface area (Å²) in [6, 6.07) is 0. The maximum Gasteiger partial charge on any atom is 0.306 e. The summed E-state index contributed by atoms with van der Waals surface area (Å²) in [5.41, 5.74) is 0. The van der Waals surface area contributed by atoms with Gasteiger partial charge in [-0.3, -0.25) is 14.4 Å². The number of allylic oxidation sites excluding steroid dienone is 6. The molecule has 0 bridgehead atoms. The van der Waals surface area contributed by atoms with Gasteiger partial charge in [0.15, 0.2) is 6.10 Å². The SMILES string of the molecule is CCCCC/C=C/C/C=C/C/C=C/CCCCC(=O)OC(COC(=O)CCCCCCCCC)COC(=O)CCCCCCCCC. The highest BCUT2D eigenvalue weighted by Gasteiger charge is 2.19. The highest BCUT2D eigenvalue weighted by molar-refractivity contribution is 5.71. The summed E-state index contributed by atoms with van der Waals surface area (Å²) in [4.78, 5) is 37.2. The Labute approximate surface area is 289 Å². The van der Waals surface area contributed by atoms with Crippen LogP contribution in [0.2, 0.25) is 0 Å². The first kappa shape index (κ1) is 44.6. The molecule has 0 fully saturated rings. The van der Waals surface area contributed by atoms with Gasteiger partial charge in [-0.2, -0.15) is 0 Å². The number of carbonyl (C=O) groups excluding carboxylic acids is 3. The summed E-state index contributed by atoms with van der Waals surface area (Å²) in [5.74, 6) is -0.944. The van der Waals surface area contributed by atoms with E-state index in [0.717, 1.165) is 64.2 Å². The van der Waals surface area contributed by atoms with Gasteiger partial charge in [0.05, 0.1) is 0 Å². The van der Waals surface area contributed by atoms with Gasteiger partial charge in [0.2, 0.25) is 0 Å². The zero-order chi connectivity index (χ0) is 34.5. The van der Waals surface area contributed by atoms with Crippen molar-refractivity contribution in [1.82, 2.24) is 0 Å². The van der Waals surface area contributed by atoms with Crippen LogP contribution in [0, 0.1) is 0 Å². The zero-order valence-corrected chi connectivity index (χ0v) is 30.8. The van der Waals surface area contributed by atoms with Crippen molar-refractivity contribution in [3.63, 3.8) is 0 Å². The number of carbonyl (C=O) groups is 3. The van der Waals surface area contributed by atoms with Crippen LogP contribution < -0.4 is 0 Å². The second kappa shape index (κ2) is 36.5. The third kappa shape index (κ3) is 34.8. The van der Waals surface area contributed by atoms with Crippen molar-refractivity contribution in [2.75, 3.05) is 13.2 Å². The maximum absolute atomic E-state index is 12.6. The lowest BCUT2D eigenvalue weighted by molar-refractivity contribution is -0.167. The number of rotatable bonds is 34. The molecule has 0 aliphatic carbocycles. The fourth-order valence-corrected chi connectivity index (χ4v) is 5.15. The molecule has 0 aromatic carbocycles.